The lowest BCUT2D eigenvalue weighted by molar-refractivity contribution is -0.127. The van der Waals surface area contributed by atoms with Crippen LogP contribution in [0.5, 0.6) is 0 Å². The van der Waals surface area contributed by atoms with Crippen molar-refractivity contribution in [1.29, 1.82) is 0 Å². The molecule has 2 aromatic carbocycles. The minimum absolute atomic E-state index is 0.0132. The predicted octanol–water partition coefficient (Wildman–Crippen LogP) is 4.40. The summed E-state index contributed by atoms with van der Waals surface area (Å²) in [5, 5.41) is 3.04. The van der Waals surface area contributed by atoms with E-state index < -0.39 is 0 Å². The number of rotatable bonds is 5. The van der Waals surface area contributed by atoms with Gasteiger partial charge in [-0.05, 0) is 47.6 Å². The Morgan fingerprint density at radius 1 is 0.938 bits per heavy atom. The van der Waals surface area contributed by atoms with Crippen LogP contribution in [0, 0.1) is 13.8 Å². The first-order valence-electron chi connectivity index (χ1n) is 11.3. The predicted molar refractivity (Wildman–Crippen MR) is 132 cm³/mol. The van der Waals surface area contributed by atoms with Crippen LogP contribution >= 0.6 is 0 Å². The standard InChI is InChI=1S/C27H35N3O2/c1-20-7-6-8-21(2)26(20)28-24(31)19-29-15-17-30(18-16-29)25(32)14-11-22-9-12-23(13-10-22)27(3,4)5/h6-14H,15-19H2,1-5H3,(H,28,31)/b14-11+. The first-order valence-corrected chi connectivity index (χ1v) is 11.3. The van der Waals surface area contributed by atoms with Crippen LogP contribution in [-0.4, -0.2) is 54.3 Å². The minimum atomic E-state index is -0.0132. The Kier molecular flexibility index (Phi) is 7.52. The van der Waals surface area contributed by atoms with E-state index in [1.54, 1.807) is 6.08 Å². The number of nitrogens with zero attached hydrogens (tertiary/aromatic N) is 2. The lowest BCUT2D eigenvalue weighted by Crippen LogP contribution is -2.50. The normalized spacial score (nSPS) is 15.2. The second-order valence-corrected chi connectivity index (χ2v) is 9.62. The van der Waals surface area contributed by atoms with Crippen LogP contribution in [0.2, 0.25) is 0 Å². The number of hydrogen-bond acceptors (Lipinski definition) is 3. The van der Waals surface area contributed by atoms with Gasteiger partial charge in [-0.15, -0.1) is 0 Å². The number of piperazine rings is 1. The molecule has 2 aromatic rings. The van der Waals surface area contributed by atoms with Crippen molar-refractivity contribution in [1.82, 2.24) is 9.80 Å². The third-order valence-electron chi connectivity index (χ3n) is 5.99. The molecule has 32 heavy (non-hydrogen) atoms. The summed E-state index contributed by atoms with van der Waals surface area (Å²) in [6.45, 7) is 13.5. The Hall–Kier alpha value is -2.92. The summed E-state index contributed by atoms with van der Waals surface area (Å²) in [5.41, 5.74) is 5.44. The van der Waals surface area contributed by atoms with Crippen molar-refractivity contribution < 1.29 is 9.59 Å². The number of nitrogens with one attached hydrogen (secondary N) is 1. The smallest absolute Gasteiger partial charge is 0.246 e. The molecule has 1 aliphatic rings. The Morgan fingerprint density at radius 2 is 1.53 bits per heavy atom. The maximum Gasteiger partial charge on any atom is 0.246 e. The van der Waals surface area contributed by atoms with Gasteiger partial charge in [0.15, 0.2) is 0 Å². The van der Waals surface area contributed by atoms with E-state index in [-0.39, 0.29) is 17.2 Å². The van der Waals surface area contributed by atoms with Gasteiger partial charge in [-0.3, -0.25) is 14.5 Å². The topological polar surface area (TPSA) is 52.7 Å². The lowest BCUT2D eigenvalue weighted by atomic mass is 9.87. The molecule has 3 rings (SSSR count). The fourth-order valence-corrected chi connectivity index (χ4v) is 3.89. The molecule has 1 saturated heterocycles. The first kappa shape index (κ1) is 23.7. The third-order valence-corrected chi connectivity index (χ3v) is 5.99. The van der Waals surface area contributed by atoms with Crippen LogP contribution in [-0.2, 0) is 15.0 Å². The van der Waals surface area contributed by atoms with Gasteiger partial charge in [0.2, 0.25) is 11.8 Å². The molecule has 0 spiro atoms. The van der Waals surface area contributed by atoms with Crippen LogP contribution in [0.15, 0.2) is 48.5 Å². The lowest BCUT2D eigenvalue weighted by Gasteiger charge is -2.33. The highest BCUT2D eigenvalue weighted by Gasteiger charge is 2.21. The van der Waals surface area contributed by atoms with Gasteiger partial charge < -0.3 is 10.2 Å². The van der Waals surface area contributed by atoms with Crippen LogP contribution in [0.4, 0.5) is 5.69 Å². The van der Waals surface area contributed by atoms with E-state index >= 15 is 0 Å². The van der Waals surface area contributed by atoms with E-state index in [4.69, 9.17) is 0 Å². The Bertz CT molecular complexity index is 959. The molecular weight excluding hydrogens is 398 g/mol. The van der Waals surface area contributed by atoms with Gasteiger partial charge in [0.25, 0.3) is 0 Å². The van der Waals surface area contributed by atoms with Crippen molar-refractivity contribution in [2.75, 3.05) is 38.0 Å². The number of amides is 2. The first-order chi connectivity index (χ1) is 15.1. The zero-order valence-corrected chi connectivity index (χ0v) is 19.9. The van der Waals surface area contributed by atoms with Crippen molar-refractivity contribution in [2.45, 2.75) is 40.0 Å². The molecule has 2 amide bonds. The quantitative estimate of drug-likeness (QED) is 0.711. The largest absolute Gasteiger partial charge is 0.337 e. The van der Waals surface area contributed by atoms with Crippen LogP contribution in [0.1, 0.15) is 43.0 Å². The maximum absolute atomic E-state index is 12.6. The number of hydrogen-bond donors (Lipinski definition) is 1. The molecule has 5 heteroatoms. The van der Waals surface area contributed by atoms with Gasteiger partial charge in [0.1, 0.15) is 0 Å². The molecule has 0 saturated carbocycles. The summed E-state index contributed by atoms with van der Waals surface area (Å²) >= 11 is 0. The molecule has 0 aromatic heterocycles. The Balaban J connectivity index is 1.47. The second-order valence-electron chi connectivity index (χ2n) is 9.62. The van der Waals surface area contributed by atoms with Gasteiger partial charge in [0, 0.05) is 37.9 Å². The summed E-state index contributed by atoms with van der Waals surface area (Å²) in [5.74, 6) is 0.00492. The van der Waals surface area contributed by atoms with Crippen molar-refractivity contribution in [3.63, 3.8) is 0 Å². The Morgan fingerprint density at radius 3 is 2.09 bits per heavy atom. The highest BCUT2D eigenvalue weighted by atomic mass is 16.2. The number of para-hydroxylation sites is 1. The minimum Gasteiger partial charge on any atom is -0.337 e. The molecule has 0 atom stereocenters. The van der Waals surface area contributed by atoms with Crippen LogP contribution in [0.25, 0.3) is 6.08 Å². The van der Waals surface area contributed by atoms with Crippen molar-refractivity contribution >= 4 is 23.6 Å². The zero-order valence-electron chi connectivity index (χ0n) is 19.9. The molecule has 1 aliphatic heterocycles. The summed E-state index contributed by atoms with van der Waals surface area (Å²) in [6, 6.07) is 14.3. The van der Waals surface area contributed by atoms with Crippen molar-refractivity contribution in [2.24, 2.45) is 0 Å². The average Bonchev–Trinajstić information content (AvgIpc) is 2.75. The number of benzene rings is 2. The fourth-order valence-electron chi connectivity index (χ4n) is 3.89. The van der Waals surface area contributed by atoms with Crippen molar-refractivity contribution in [3.8, 4) is 0 Å². The average molecular weight is 434 g/mol. The number of carbonyl (C=O) groups is 2. The van der Waals surface area contributed by atoms with E-state index in [2.05, 4.69) is 55.3 Å². The molecule has 0 bridgehead atoms. The van der Waals surface area contributed by atoms with Gasteiger partial charge in [-0.2, -0.15) is 0 Å². The number of aryl methyl sites for hydroxylation is 2. The van der Waals surface area contributed by atoms with E-state index in [0.717, 1.165) is 22.4 Å². The van der Waals surface area contributed by atoms with Crippen LogP contribution < -0.4 is 5.32 Å². The SMILES string of the molecule is Cc1cccc(C)c1NC(=O)CN1CCN(C(=O)/C=C/c2ccc(C(C)(C)C)cc2)CC1. The van der Waals surface area contributed by atoms with E-state index in [9.17, 15) is 9.59 Å². The van der Waals surface area contributed by atoms with Gasteiger partial charge in [-0.1, -0.05) is 63.2 Å². The highest BCUT2D eigenvalue weighted by molar-refractivity contribution is 5.94. The summed E-state index contributed by atoms with van der Waals surface area (Å²) in [4.78, 5) is 29.0. The molecule has 0 unspecified atom stereocenters. The summed E-state index contributed by atoms with van der Waals surface area (Å²) < 4.78 is 0. The highest BCUT2D eigenvalue weighted by Crippen LogP contribution is 2.22. The van der Waals surface area contributed by atoms with Gasteiger partial charge in [0.05, 0.1) is 6.54 Å². The van der Waals surface area contributed by atoms with Gasteiger partial charge >= 0.3 is 0 Å². The number of anilines is 1. The van der Waals surface area contributed by atoms with E-state index in [1.165, 1.54) is 5.56 Å². The molecule has 1 fully saturated rings. The molecule has 0 aliphatic carbocycles. The molecule has 1 heterocycles. The molecule has 170 valence electrons. The Labute approximate surface area is 192 Å². The number of carbonyl (C=O) groups excluding carboxylic acids is 2. The monoisotopic (exact) mass is 433 g/mol. The summed E-state index contributed by atoms with van der Waals surface area (Å²) in [6.07, 6.45) is 3.52. The van der Waals surface area contributed by atoms with Gasteiger partial charge in [-0.25, -0.2) is 0 Å². The summed E-state index contributed by atoms with van der Waals surface area (Å²) in [7, 11) is 0. The third kappa shape index (κ3) is 6.30. The molecule has 0 radical (unpaired) electrons. The van der Waals surface area contributed by atoms with E-state index in [0.29, 0.717) is 32.7 Å². The zero-order chi connectivity index (χ0) is 23.3. The molecule has 1 N–H and O–H groups in total. The maximum atomic E-state index is 12.6. The van der Waals surface area contributed by atoms with Crippen LogP contribution in [0.3, 0.4) is 0 Å². The fraction of sp³-hybridized carbons (Fsp3) is 0.407. The molecular formula is C27H35N3O2. The second kappa shape index (κ2) is 10.1. The van der Waals surface area contributed by atoms with Crippen molar-refractivity contribution in [3.05, 3.63) is 70.8 Å². The molecule has 5 nitrogen and oxygen atoms in total. The van der Waals surface area contributed by atoms with E-state index in [1.807, 2.05) is 43.0 Å².